The van der Waals surface area contributed by atoms with Crippen LogP contribution in [-0.4, -0.2) is 15.6 Å². The molecule has 0 aliphatic rings. The average Bonchev–Trinajstić information content (AvgIpc) is 2.71. The summed E-state index contributed by atoms with van der Waals surface area (Å²) in [6.07, 6.45) is 0. The van der Waals surface area contributed by atoms with Gasteiger partial charge >= 0.3 is 0 Å². The maximum Gasteiger partial charge on any atom is 0.212 e. The molecule has 2 rings (SSSR count). The molecule has 0 bridgehead atoms. The lowest BCUT2D eigenvalue weighted by Crippen LogP contribution is -2.08. The molecule has 0 amide bonds. The van der Waals surface area contributed by atoms with Crippen molar-refractivity contribution >= 4 is 17.1 Å². The highest BCUT2D eigenvalue weighted by Crippen LogP contribution is 2.19. The first-order chi connectivity index (χ1) is 7.09. The second kappa shape index (κ2) is 3.62. The molecule has 0 radical (unpaired) electrons. The highest BCUT2D eigenvalue weighted by Gasteiger charge is 2.16. The molecule has 0 aliphatic heterocycles. The normalized spacial score (nSPS) is 10.6. The van der Waals surface area contributed by atoms with E-state index in [9.17, 15) is 4.79 Å². The number of aromatic nitrogens is 2. The summed E-state index contributed by atoms with van der Waals surface area (Å²) >= 11 is 1.59. The van der Waals surface area contributed by atoms with Crippen LogP contribution in [0.1, 0.15) is 26.6 Å². The van der Waals surface area contributed by atoms with E-state index in [-0.39, 0.29) is 5.78 Å². The average molecular weight is 220 g/mol. The van der Waals surface area contributed by atoms with Crippen LogP contribution < -0.4 is 0 Å². The zero-order valence-corrected chi connectivity index (χ0v) is 9.76. The molecule has 0 saturated carbocycles. The Morgan fingerprint density at radius 1 is 1.47 bits per heavy atom. The minimum absolute atomic E-state index is 0.0526. The molecular weight excluding hydrogens is 208 g/mol. The summed E-state index contributed by atoms with van der Waals surface area (Å²) in [6, 6.07) is 3.68. The number of aryl methyl sites for hydroxylation is 3. The summed E-state index contributed by atoms with van der Waals surface area (Å²) < 4.78 is 1.63. The molecule has 2 aromatic heterocycles. The van der Waals surface area contributed by atoms with E-state index < -0.39 is 0 Å². The zero-order valence-electron chi connectivity index (χ0n) is 8.94. The van der Waals surface area contributed by atoms with Gasteiger partial charge in [0.1, 0.15) is 5.69 Å². The van der Waals surface area contributed by atoms with Gasteiger partial charge in [0, 0.05) is 17.5 Å². The summed E-state index contributed by atoms with van der Waals surface area (Å²) in [7, 11) is 1.79. The van der Waals surface area contributed by atoms with Crippen LogP contribution in [0, 0.1) is 13.8 Å². The van der Waals surface area contributed by atoms with E-state index in [1.165, 1.54) is 0 Å². The van der Waals surface area contributed by atoms with Gasteiger partial charge in [0.2, 0.25) is 5.78 Å². The van der Waals surface area contributed by atoms with Crippen LogP contribution in [0.4, 0.5) is 0 Å². The SMILES string of the molecule is Cc1cc(C(=O)c2ccsc2C)n(C)n1. The summed E-state index contributed by atoms with van der Waals surface area (Å²) in [5.74, 6) is 0.0526. The lowest BCUT2D eigenvalue weighted by molar-refractivity contribution is 0.103. The predicted molar refractivity (Wildman–Crippen MR) is 60.4 cm³/mol. The molecule has 4 heteroatoms. The number of nitrogens with zero attached hydrogens (tertiary/aromatic N) is 2. The molecule has 0 aliphatic carbocycles. The van der Waals surface area contributed by atoms with Crippen molar-refractivity contribution in [2.75, 3.05) is 0 Å². The van der Waals surface area contributed by atoms with Crippen molar-refractivity contribution in [3.05, 3.63) is 39.3 Å². The van der Waals surface area contributed by atoms with E-state index in [0.29, 0.717) is 5.69 Å². The van der Waals surface area contributed by atoms with Gasteiger partial charge in [-0.25, -0.2) is 0 Å². The number of hydrogen-bond acceptors (Lipinski definition) is 3. The number of ketones is 1. The van der Waals surface area contributed by atoms with Gasteiger partial charge in [-0.1, -0.05) is 0 Å². The van der Waals surface area contributed by atoms with Crippen LogP contribution in [0.5, 0.6) is 0 Å². The highest BCUT2D eigenvalue weighted by atomic mass is 32.1. The van der Waals surface area contributed by atoms with Gasteiger partial charge in [-0.15, -0.1) is 11.3 Å². The summed E-state index contributed by atoms with van der Waals surface area (Å²) in [5.41, 5.74) is 2.30. The van der Waals surface area contributed by atoms with Crippen molar-refractivity contribution in [3.8, 4) is 0 Å². The second-order valence-corrected chi connectivity index (χ2v) is 4.63. The van der Waals surface area contributed by atoms with Crippen LogP contribution in [0.3, 0.4) is 0 Å². The predicted octanol–water partition coefficient (Wildman–Crippen LogP) is 2.33. The maximum atomic E-state index is 12.1. The number of hydrogen-bond donors (Lipinski definition) is 0. The van der Waals surface area contributed by atoms with E-state index in [0.717, 1.165) is 16.1 Å². The Morgan fingerprint density at radius 2 is 2.20 bits per heavy atom. The molecule has 0 aromatic carbocycles. The Morgan fingerprint density at radius 3 is 2.67 bits per heavy atom. The molecule has 0 saturated heterocycles. The molecule has 0 spiro atoms. The van der Waals surface area contributed by atoms with Crippen LogP contribution in [0.25, 0.3) is 0 Å². The van der Waals surface area contributed by atoms with E-state index in [4.69, 9.17) is 0 Å². The van der Waals surface area contributed by atoms with Crippen molar-refractivity contribution in [1.29, 1.82) is 0 Å². The Hall–Kier alpha value is -1.42. The maximum absolute atomic E-state index is 12.1. The lowest BCUT2D eigenvalue weighted by Gasteiger charge is -1.99. The first-order valence-electron chi connectivity index (χ1n) is 4.69. The van der Waals surface area contributed by atoms with Crippen LogP contribution in [-0.2, 0) is 7.05 Å². The number of thiophene rings is 1. The highest BCUT2D eigenvalue weighted by molar-refractivity contribution is 7.10. The van der Waals surface area contributed by atoms with Gasteiger partial charge in [-0.3, -0.25) is 9.48 Å². The minimum Gasteiger partial charge on any atom is -0.287 e. The van der Waals surface area contributed by atoms with Crippen LogP contribution >= 0.6 is 11.3 Å². The number of carbonyl (C=O) groups excluding carboxylic acids is 1. The molecule has 15 heavy (non-hydrogen) atoms. The summed E-state index contributed by atoms with van der Waals surface area (Å²) in [6.45, 7) is 3.85. The molecule has 78 valence electrons. The quantitative estimate of drug-likeness (QED) is 0.728. The first kappa shape index (κ1) is 10.1. The van der Waals surface area contributed by atoms with Gasteiger partial charge in [-0.05, 0) is 31.4 Å². The minimum atomic E-state index is 0.0526. The van der Waals surface area contributed by atoms with Crippen molar-refractivity contribution in [1.82, 2.24) is 9.78 Å². The fourth-order valence-corrected chi connectivity index (χ4v) is 2.28. The van der Waals surface area contributed by atoms with Gasteiger partial charge in [0.05, 0.1) is 5.69 Å². The van der Waals surface area contributed by atoms with Gasteiger partial charge in [-0.2, -0.15) is 5.10 Å². The van der Waals surface area contributed by atoms with Crippen LogP contribution in [0.2, 0.25) is 0 Å². The van der Waals surface area contributed by atoms with Crippen molar-refractivity contribution in [2.24, 2.45) is 7.05 Å². The molecule has 2 aromatic rings. The Bertz CT molecular complexity index is 510. The molecule has 0 atom stereocenters. The van der Waals surface area contributed by atoms with Crippen molar-refractivity contribution < 1.29 is 4.79 Å². The monoisotopic (exact) mass is 220 g/mol. The molecular formula is C11H12N2OS. The van der Waals surface area contributed by atoms with E-state index in [1.807, 2.05) is 31.4 Å². The Kier molecular flexibility index (Phi) is 2.44. The fraction of sp³-hybridized carbons (Fsp3) is 0.273. The third-order valence-corrected chi connectivity index (χ3v) is 3.18. The number of rotatable bonds is 2. The first-order valence-corrected chi connectivity index (χ1v) is 5.57. The smallest absolute Gasteiger partial charge is 0.212 e. The van der Waals surface area contributed by atoms with E-state index in [1.54, 1.807) is 23.1 Å². The third-order valence-electron chi connectivity index (χ3n) is 2.34. The zero-order chi connectivity index (χ0) is 11.0. The van der Waals surface area contributed by atoms with Crippen molar-refractivity contribution in [3.63, 3.8) is 0 Å². The second-order valence-electron chi connectivity index (χ2n) is 3.51. The Labute approximate surface area is 92.4 Å². The molecule has 0 N–H and O–H groups in total. The van der Waals surface area contributed by atoms with Crippen LogP contribution in [0.15, 0.2) is 17.5 Å². The van der Waals surface area contributed by atoms with Crippen molar-refractivity contribution in [2.45, 2.75) is 13.8 Å². The molecule has 2 heterocycles. The van der Waals surface area contributed by atoms with Gasteiger partial charge < -0.3 is 0 Å². The molecule has 0 unspecified atom stereocenters. The van der Waals surface area contributed by atoms with E-state index >= 15 is 0 Å². The fourth-order valence-electron chi connectivity index (χ4n) is 1.58. The summed E-state index contributed by atoms with van der Waals surface area (Å²) in [5, 5.41) is 6.11. The Balaban J connectivity index is 2.45. The summed E-state index contributed by atoms with van der Waals surface area (Å²) in [4.78, 5) is 13.2. The largest absolute Gasteiger partial charge is 0.287 e. The third kappa shape index (κ3) is 1.72. The topological polar surface area (TPSA) is 34.9 Å². The van der Waals surface area contributed by atoms with Gasteiger partial charge in [0.15, 0.2) is 0 Å². The molecule has 3 nitrogen and oxygen atoms in total. The van der Waals surface area contributed by atoms with Gasteiger partial charge in [0.25, 0.3) is 0 Å². The van der Waals surface area contributed by atoms with E-state index in [2.05, 4.69) is 5.10 Å². The number of carbonyl (C=O) groups is 1. The molecule has 0 fully saturated rings. The lowest BCUT2D eigenvalue weighted by atomic mass is 10.1. The standard InChI is InChI=1S/C11H12N2OS/c1-7-6-10(13(3)12-7)11(14)9-4-5-15-8(9)2/h4-6H,1-3H3.